The molecule has 3 rings (SSSR count). The van der Waals surface area contributed by atoms with E-state index in [4.69, 9.17) is 0 Å². The SMILES string of the molecule is CC1=Cc2c(C)cccc2C1[SiH]1CCC1. The van der Waals surface area contributed by atoms with Crippen molar-refractivity contribution < 1.29 is 0 Å². The summed E-state index contributed by atoms with van der Waals surface area (Å²) >= 11 is 0. The first-order chi connectivity index (χ1) is 7.27. The Morgan fingerprint density at radius 1 is 1.20 bits per heavy atom. The number of hydrogen-bond donors (Lipinski definition) is 0. The minimum atomic E-state index is -0.437. The van der Waals surface area contributed by atoms with E-state index in [0.717, 1.165) is 5.54 Å². The first-order valence-corrected chi connectivity index (χ1v) is 8.35. The Kier molecular flexibility index (Phi) is 2.10. The van der Waals surface area contributed by atoms with E-state index >= 15 is 0 Å². The van der Waals surface area contributed by atoms with Gasteiger partial charge in [-0.05, 0) is 36.1 Å². The molecular weight excluding hydrogens is 196 g/mol. The van der Waals surface area contributed by atoms with Crippen LogP contribution in [-0.4, -0.2) is 8.80 Å². The molecule has 1 aliphatic heterocycles. The molecule has 15 heavy (non-hydrogen) atoms. The summed E-state index contributed by atoms with van der Waals surface area (Å²) in [6, 6.07) is 9.99. The summed E-state index contributed by atoms with van der Waals surface area (Å²) in [5, 5.41) is 0. The van der Waals surface area contributed by atoms with Crippen LogP contribution in [0, 0.1) is 6.92 Å². The lowest BCUT2D eigenvalue weighted by Gasteiger charge is -2.31. The molecule has 1 unspecified atom stereocenters. The van der Waals surface area contributed by atoms with Crippen molar-refractivity contribution in [2.45, 2.75) is 37.9 Å². The lowest BCUT2D eigenvalue weighted by atomic mass is 10.0. The molecule has 0 saturated carbocycles. The largest absolute Gasteiger partial charge is 0.0682 e. The predicted octanol–water partition coefficient (Wildman–Crippen LogP) is 3.67. The van der Waals surface area contributed by atoms with Gasteiger partial charge in [-0.25, -0.2) is 0 Å². The lowest BCUT2D eigenvalue weighted by Crippen LogP contribution is -2.30. The van der Waals surface area contributed by atoms with Gasteiger partial charge in [-0.15, -0.1) is 0 Å². The molecule has 1 heteroatoms. The third-order valence-corrected chi connectivity index (χ3v) is 8.30. The van der Waals surface area contributed by atoms with Gasteiger partial charge in [0.25, 0.3) is 0 Å². The third-order valence-electron chi connectivity index (χ3n) is 4.18. The van der Waals surface area contributed by atoms with Gasteiger partial charge in [-0.1, -0.05) is 48.4 Å². The number of allylic oxidation sites excluding steroid dienone is 1. The monoisotopic (exact) mass is 214 g/mol. The Morgan fingerprint density at radius 3 is 2.67 bits per heavy atom. The number of aryl methyl sites for hydroxylation is 1. The second kappa shape index (κ2) is 3.34. The van der Waals surface area contributed by atoms with Crippen LogP contribution in [0.5, 0.6) is 0 Å². The van der Waals surface area contributed by atoms with Crippen molar-refractivity contribution in [3.05, 3.63) is 40.5 Å². The van der Waals surface area contributed by atoms with Crippen LogP contribution in [0.2, 0.25) is 12.1 Å². The van der Waals surface area contributed by atoms with Crippen LogP contribution in [-0.2, 0) is 0 Å². The maximum Gasteiger partial charge on any atom is 0.0500 e. The zero-order valence-electron chi connectivity index (χ0n) is 9.59. The second-order valence-electron chi connectivity index (χ2n) is 5.13. The van der Waals surface area contributed by atoms with Gasteiger partial charge in [-0.2, -0.15) is 0 Å². The van der Waals surface area contributed by atoms with Gasteiger partial charge in [0.15, 0.2) is 0 Å². The molecule has 1 saturated heterocycles. The molecule has 0 amide bonds. The maximum absolute atomic E-state index is 2.45. The zero-order chi connectivity index (χ0) is 10.4. The van der Waals surface area contributed by atoms with Crippen LogP contribution in [0.15, 0.2) is 23.8 Å². The van der Waals surface area contributed by atoms with Gasteiger partial charge in [0.2, 0.25) is 0 Å². The first-order valence-electron chi connectivity index (χ1n) is 6.05. The normalized spacial score (nSPS) is 24.7. The summed E-state index contributed by atoms with van der Waals surface area (Å²) in [4.78, 5) is 0. The minimum absolute atomic E-state index is 0.437. The van der Waals surface area contributed by atoms with Crippen molar-refractivity contribution in [2.75, 3.05) is 0 Å². The number of benzene rings is 1. The van der Waals surface area contributed by atoms with Crippen molar-refractivity contribution >= 4 is 14.9 Å². The van der Waals surface area contributed by atoms with E-state index in [9.17, 15) is 0 Å². The van der Waals surface area contributed by atoms with Crippen molar-refractivity contribution in [3.63, 3.8) is 0 Å². The molecule has 1 heterocycles. The molecule has 1 atom stereocenters. The zero-order valence-corrected chi connectivity index (χ0v) is 10.7. The quantitative estimate of drug-likeness (QED) is 0.626. The topological polar surface area (TPSA) is 0 Å². The van der Waals surface area contributed by atoms with Crippen molar-refractivity contribution in [1.82, 2.24) is 0 Å². The molecular formula is C14H18Si. The van der Waals surface area contributed by atoms with Gasteiger partial charge in [0.05, 0.1) is 8.80 Å². The van der Waals surface area contributed by atoms with E-state index in [0.29, 0.717) is 0 Å². The fourth-order valence-corrected chi connectivity index (χ4v) is 6.32. The Balaban J connectivity index is 2.06. The lowest BCUT2D eigenvalue weighted by molar-refractivity contribution is 0.881. The fourth-order valence-electron chi connectivity index (χ4n) is 3.13. The molecule has 1 aromatic rings. The number of fused-ring (bicyclic) bond motifs is 1. The Hall–Kier alpha value is -0.823. The van der Waals surface area contributed by atoms with E-state index in [2.05, 4.69) is 38.1 Å². The van der Waals surface area contributed by atoms with Crippen LogP contribution >= 0.6 is 0 Å². The fraction of sp³-hybridized carbons (Fsp3) is 0.429. The molecule has 0 bridgehead atoms. The average molecular weight is 214 g/mol. The second-order valence-corrected chi connectivity index (χ2v) is 8.48. The van der Waals surface area contributed by atoms with E-state index in [1.807, 2.05) is 0 Å². The molecule has 78 valence electrons. The highest BCUT2D eigenvalue weighted by Gasteiger charge is 2.34. The first kappa shape index (κ1) is 9.41. The van der Waals surface area contributed by atoms with Gasteiger partial charge < -0.3 is 0 Å². The van der Waals surface area contributed by atoms with Crippen molar-refractivity contribution in [1.29, 1.82) is 0 Å². The van der Waals surface area contributed by atoms with Crippen molar-refractivity contribution in [3.8, 4) is 0 Å². The molecule has 0 nitrogen and oxygen atoms in total. The number of hydrogen-bond acceptors (Lipinski definition) is 0. The summed E-state index contributed by atoms with van der Waals surface area (Å²) in [5.74, 6) is 0. The molecule has 0 radical (unpaired) electrons. The van der Waals surface area contributed by atoms with Gasteiger partial charge in [0, 0.05) is 0 Å². The van der Waals surface area contributed by atoms with E-state index in [1.165, 1.54) is 12.0 Å². The molecule has 0 N–H and O–H groups in total. The van der Waals surface area contributed by atoms with Crippen LogP contribution in [0.25, 0.3) is 6.08 Å². The van der Waals surface area contributed by atoms with E-state index < -0.39 is 8.80 Å². The molecule has 1 aromatic carbocycles. The Bertz CT molecular complexity index is 427. The van der Waals surface area contributed by atoms with Gasteiger partial charge >= 0.3 is 0 Å². The van der Waals surface area contributed by atoms with Crippen LogP contribution in [0.3, 0.4) is 0 Å². The molecule has 1 aliphatic carbocycles. The maximum atomic E-state index is 2.45. The smallest absolute Gasteiger partial charge is 0.0500 e. The average Bonchev–Trinajstić information content (AvgIpc) is 2.44. The predicted molar refractivity (Wildman–Crippen MR) is 69.0 cm³/mol. The summed E-state index contributed by atoms with van der Waals surface area (Å²) in [7, 11) is -0.437. The van der Waals surface area contributed by atoms with E-state index in [1.54, 1.807) is 28.8 Å². The molecule has 1 fully saturated rings. The molecule has 2 aliphatic rings. The third kappa shape index (κ3) is 1.33. The summed E-state index contributed by atoms with van der Waals surface area (Å²) in [6.07, 6.45) is 3.95. The number of rotatable bonds is 1. The molecule has 0 spiro atoms. The van der Waals surface area contributed by atoms with Gasteiger partial charge in [0.1, 0.15) is 0 Å². The standard InChI is InChI=1S/C14H18Si/c1-10-5-3-6-12-13(10)9-11(2)14(12)15-7-4-8-15/h3,5-6,9,14-15H,4,7-8H2,1-2H3. The highest BCUT2D eigenvalue weighted by molar-refractivity contribution is 6.64. The molecule has 0 aromatic heterocycles. The van der Waals surface area contributed by atoms with Crippen LogP contribution in [0.4, 0.5) is 0 Å². The minimum Gasteiger partial charge on any atom is -0.0682 e. The van der Waals surface area contributed by atoms with Crippen LogP contribution in [0.1, 0.15) is 35.6 Å². The Labute approximate surface area is 93.6 Å². The van der Waals surface area contributed by atoms with Crippen molar-refractivity contribution in [2.24, 2.45) is 0 Å². The summed E-state index contributed by atoms with van der Waals surface area (Å²) in [5.41, 5.74) is 7.19. The summed E-state index contributed by atoms with van der Waals surface area (Å²) < 4.78 is 0. The highest BCUT2D eigenvalue weighted by atomic mass is 28.3. The van der Waals surface area contributed by atoms with Crippen LogP contribution < -0.4 is 0 Å². The Morgan fingerprint density at radius 2 is 2.00 bits per heavy atom. The summed E-state index contributed by atoms with van der Waals surface area (Å²) in [6.45, 7) is 4.59. The van der Waals surface area contributed by atoms with Gasteiger partial charge in [-0.3, -0.25) is 0 Å². The highest BCUT2D eigenvalue weighted by Crippen LogP contribution is 2.44. The van der Waals surface area contributed by atoms with E-state index in [-0.39, 0.29) is 0 Å².